The lowest BCUT2D eigenvalue weighted by Gasteiger charge is -2.05. The first-order valence-corrected chi connectivity index (χ1v) is 8.70. The Morgan fingerprint density at radius 3 is 2.48 bits per heavy atom. The molecule has 0 aliphatic rings. The van der Waals surface area contributed by atoms with Crippen LogP contribution in [0.4, 0.5) is 0 Å². The third kappa shape index (κ3) is 4.57. The first-order valence-electron chi connectivity index (χ1n) is 8.70. The highest BCUT2D eigenvalue weighted by Gasteiger charge is 2.03. The third-order valence-electron chi connectivity index (χ3n) is 4.11. The first-order chi connectivity index (χ1) is 12.3. The van der Waals surface area contributed by atoms with Gasteiger partial charge in [-0.2, -0.15) is 0 Å². The van der Waals surface area contributed by atoms with Crippen molar-refractivity contribution in [3.63, 3.8) is 0 Å². The van der Waals surface area contributed by atoms with E-state index in [1.165, 1.54) is 0 Å². The van der Waals surface area contributed by atoms with Crippen LogP contribution in [0.25, 0.3) is 16.8 Å². The van der Waals surface area contributed by atoms with E-state index in [2.05, 4.69) is 6.92 Å². The first kappa shape index (κ1) is 17.0. The predicted molar refractivity (Wildman–Crippen MR) is 104 cm³/mol. The Hall–Kier alpha value is -2.87. The van der Waals surface area contributed by atoms with Gasteiger partial charge in [0.25, 0.3) is 0 Å². The maximum absolute atomic E-state index is 12.4. The molecule has 0 saturated carbocycles. The van der Waals surface area contributed by atoms with E-state index < -0.39 is 0 Å². The van der Waals surface area contributed by atoms with Gasteiger partial charge in [0.1, 0.15) is 5.75 Å². The molecule has 0 aliphatic heterocycles. The molecule has 0 spiro atoms. The number of ketones is 1. The van der Waals surface area contributed by atoms with Crippen LogP contribution in [0, 0.1) is 0 Å². The van der Waals surface area contributed by atoms with Gasteiger partial charge in [-0.25, -0.2) is 0 Å². The molecule has 2 nitrogen and oxygen atoms in total. The normalized spacial score (nSPS) is 11.1. The van der Waals surface area contributed by atoms with Crippen molar-refractivity contribution in [2.75, 3.05) is 6.61 Å². The van der Waals surface area contributed by atoms with Crippen LogP contribution in [-0.2, 0) is 0 Å². The Morgan fingerprint density at radius 1 is 0.960 bits per heavy atom. The summed E-state index contributed by atoms with van der Waals surface area (Å²) in [5, 5.41) is 2.22. The second-order valence-electron chi connectivity index (χ2n) is 6.03. The molecule has 0 N–H and O–H groups in total. The molecule has 0 saturated heterocycles. The van der Waals surface area contributed by atoms with Gasteiger partial charge in [0.2, 0.25) is 0 Å². The maximum Gasteiger partial charge on any atom is 0.185 e. The fourth-order valence-electron chi connectivity index (χ4n) is 2.62. The minimum atomic E-state index is 0.00836. The number of hydrogen-bond donors (Lipinski definition) is 0. The minimum absolute atomic E-state index is 0.00836. The van der Waals surface area contributed by atoms with Gasteiger partial charge in [0, 0.05) is 5.56 Å². The molecule has 3 aromatic carbocycles. The molecule has 25 heavy (non-hydrogen) atoms. The Kier molecular flexibility index (Phi) is 5.63. The summed E-state index contributed by atoms with van der Waals surface area (Å²) in [5.41, 5.74) is 1.69. The number of carbonyl (C=O) groups excluding carboxylic acids is 1. The summed E-state index contributed by atoms with van der Waals surface area (Å²) < 4.78 is 5.65. The van der Waals surface area contributed by atoms with Crippen LogP contribution in [0.5, 0.6) is 5.75 Å². The highest BCUT2D eigenvalue weighted by Crippen LogP contribution is 2.17. The molecule has 2 heteroatoms. The summed E-state index contributed by atoms with van der Waals surface area (Å²) in [5.74, 6) is 0.875. The van der Waals surface area contributed by atoms with E-state index in [0.717, 1.165) is 41.5 Å². The molecule has 0 radical (unpaired) electrons. The molecule has 3 rings (SSSR count). The Balaban J connectivity index is 1.66. The molecule has 0 aliphatic carbocycles. The Morgan fingerprint density at radius 2 is 1.72 bits per heavy atom. The SMILES string of the molecule is CCCCOc1ccc(/C=C/C(=O)c2ccc3ccccc3c2)cc1. The zero-order chi connectivity index (χ0) is 17.5. The summed E-state index contributed by atoms with van der Waals surface area (Å²) in [6.07, 6.45) is 5.64. The lowest BCUT2D eigenvalue weighted by Crippen LogP contribution is -1.96. The number of allylic oxidation sites excluding steroid dienone is 1. The van der Waals surface area contributed by atoms with Crippen LogP contribution in [0.3, 0.4) is 0 Å². The van der Waals surface area contributed by atoms with Crippen molar-refractivity contribution < 1.29 is 9.53 Å². The molecule has 0 heterocycles. The van der Waals surface area contributed by atoms with E-state index in [1.807, 2.05) is 72.8 Å². The van der Waals surface area contributed by atoms with Crippen LogP contribution >= 0.6 is 0 Å². The highest BCUT2D eigenvalue weighted by atomic mass is 16.5. The summed E-state index contributed by atoms with van der Waals surface area (Å²) in [7, 11) is 0. The zero-order valence-corrected chi connectivity index (χ0v) is 14.4. The average molecular weight is 330 g/mol. The molecule has 0 bridgehead atoms. The van der Waals surface area contributed by atoms with E-state index in [0.29, 0.717) is 5.56 Å². The van der Waals surface area contributed by atoms with E-state index >= 15 is 0 Å². The number of unbranched alkanes of at least 4 members (excludes halogenated alkanes) is 1. The van der Waals surface area contributed by atoms with Crippen LogP contribution < -0.4 is 4.74 Å². The van der Waals surface area contributed by atoms with Gasteiger partial charge in [0.05, 0.1) is 6.61 Å². The number of carbonyl (C=O) groups is 1. The standard InChI is InChI=1S/C23H22O2/c1-2-3-16-25-22-13-8-18(9-14-22)10-15-23(24)21-12-11-19-6-4-5-7-20(19)17-21/h4-15,17H,2-3,16H2,1H3/b15-10+. The number of fused-ring (bicyclic) bond motifs is 1. The lowest BCUT2D eigenvalue weighted by molar-refractivity contribution is 0.104. The van der Waals surface area contributed by atoms with Gasteiger partial charge >= 0.3 is 0 Å². The van der Waals surface area contributed by atoms with Gasteiger partial charge < -0.3 is 4.74 Å². The summed E-state index contributed by atoms with van der Waals surface area (Å²) >= 11 is 0. The zero-order valence-electron chi connectivity index (χ0n) is 14.4. The van der Waals surface area contributed by atoms with Crippen molar-refractivity contribution in [2.24, 2.45) is 0 Å². The van der Waals surface area contributed by atoms with Gasteiger partial charge in [0.15, 0.2) is 5.78 Å². The average Bonchev–Trinajstić information content (AvgIpc) is 2.67. The quantitative estimate of drug-likeness (QED) is 0.305. The molecule has 0 aromatic heterocycles. The smallest absolute Gasteiger partial charge is 0.185 e. The molecule has 0 fully saturated rings. The van der Waals surface area contributed by atoms with Gasteiger partial charge in [-0.3, -0.25) is 4.79 Å². The van der Waals surface area contributed by atoms with Crippen molar-refractivity contribution >= 4 is 22.6 Å². The maximum atomic E-state index is 12.4. The molecule has 126 valence electrons. The van der Waals surface area contributed by atoms with Crippen molar-refractivity contribution in [3.05, 3.63) is 83.9 Å². The van der Waals surface area contributed by atoms with Gasteiger partial charge in [-0.15, -0.1) is 0 Å². The number of ether oxygens (including phenoxy) is 1. The van der Waals surface area contributed by atoms with E-state index in [9.17, 15) is 4.79 Å². The molecule has 0 amide bonds. The number of rotatable bonds is 7. The van der Waals surface area contributed by atoms with Gasteiger partial charge in [-0.1, -0.05) is 68.0 Å². The summed E-state index contributed by atoms with van der Waals surface area (Å²) in [4.78, 5) is 12.4. The molecule has 3 aromatic rings. The van der Waals surface area contributed by atoms with Crippen LogP contribution in [0.15, 0.2) is 72.8 Å². The second-order valence-corrected chi connectivity index (χ2v) is 6.03. The Labute approximate surface area is 148 Å². The van der Waals surface area contributed by atoms with Crippen LogP contribution in [0.1, 0.15) is 35.7 Å². The highest BCUT2D eigenvalue weighted by molar-refractivity contribution is 6.08. The molecular formula is C23H22O2. The van der Waals surface area contributed by atoms with Crippen molar-refractivity contribution in [3.8, 4) is 5.75 Å². The van der Waals surface area contributed by atoms with E-state index in [-0.39, 0.29) is 5.78 Å². The number of benzene rings is 3. The third-order valence-corrected chi connectivity index (χ3v) is 4.11. The minimum Gasteiger partial charge on any atom is -0.494 e. The van der Waals surface area contributed by atoms with E-state index in [1.54, 1.807) is 6.08 Å². The summed E-state index contributed by atoms with van der Waals surface area (Å²) in [6.45, 7) is 2.88. The molecular weight excluding hydrogens is 308 g/mol. The summed E-state index contributed by atoms with van der Waals surface area (Å²) in [6, 6.07) is 21.7. The predicted octanol–water partition coefficient (Wildman–Crippen LogP) is 5.91. The number of hydrogen-bond acceptors (Lipinski definition) is 2. The fraction of sp³-hybridized carbons (Fsp3) is 0.174. The van der Waals surface area contributed by atoms with Crippen molar-refractivity contribution in [2.45, 2.75) is 19.8 Å². The second kappa shape index (κ2) is 8.29. The monoisotopic (exact) mass is 330 g/mol. The lowest BCUT2D eigenvalue weighted by atomic mass is 10.0. The van der Waals surface area contributed by atoms with E-state index in [4.69, 9.17) is 4.74 Å². The van der Waals surface area contributed by atoms with Crippen molar-refractivity contribution in [1.82, 2.24) is 0 Å². The fourth-order valence-corrected chi connectivity index (χ4v) is 2.62. The van der Waals surface area contributed by atoms with Crippen LogP contribution in [-0.4, -0.2) is 12.4 Å². The molecule has 0 unspecified atom stereocenters. The largest absolute Gasteiger partial charge is 0.494 e. The molecule has 0 atom stereocenters. The van der Waals surface area contributed by atoms with Gasteiger partial charge in [-0.05, 0) is 47.0 Å². The van der Waals surface area contributed by atoms with Crippen LogP contribution in [0.2, 0.25) is 0 Å². The van der Waals surface area contributed by atoms with Crippen molar-refractivity contribution in [1.29, 1.82) is 0 Å². The Bertz CT molecular complexity index is 876. The topological polar surface area (TPSA) is 26.3 Å².